The van der Waals surface area contributed by atoms with Crippen molar-refractivity contribution in [2.24, 2.45) is 0 Å². The van der Waals surface area contributed by atoms with Crippen LogP contribution < -0.4 is 15.8 Å². The van der Waals surface area contributed by atoms with Crippen LogP contribution in [0, 0.1) is 0 Å². The molecule has 0 bridgehead atoms. The first-order valence-corrected chi connectivity index (χ1v) is 15.0. The van der Waals surface area contributed by atoms with E-state index in [-0.39, 0.29) is 73.1 Å². The zero-order valence-electron chi connectivity index (χ0n) is 26.4. The van der Waals surface area contributed by atoms with Crippen LogP contribution in [0.1, 0.15) is 88.8 Å². The number of halogens is 2. The first-order valence-electron chi connectivity index (χ1n) is 15.0. The van der Waals surface area contributed by atoms with Crippen LogP contribution in [0.3, 0.4) is 0 Å². The van der Waals surface area contributed by atoms with Crippen LogP contribution in [0.4, 0.5) is 5.69 Å². The van der Waals surface area contributed by atoms with Gasteiger partial charge in [-0.3, -0.25) is 14.4 Å². The summed E-state index contributed by atoms with van der Waals surface area (Å²) in [5, 5.41) is 48.9. The van der Waals surface area contributed by atoms with E-state index in [1.165, 1.54) is 32.2 Å². The van der Waals surface area contributed by atoms with Crippen LogP contribution in [-0.2, 0) is 27.2 Å². The molecule has 6 atom stereocenters. The SMILES string of the molecule is C.COc1cccc2c1C(=O)c1c(O)c3c(c(O)c1C2=O)C[C@@](O)(C(C)=O)C[C@@H]3OC1CC(NCc2ccc(N)cc2)C(O)C(C)O1.Cl.Cl. The van der Waals surface area contributed by atoms with E-state index in [0.29, 0.717) is 12.2 Å². The van der Waals surface area contributed by atoms with Gasteiger partial charge in [0.2, 0.25) is 5.78 Å². The van der Waals surface area contributed by atoms with Gasteiger partial charge in [0, 0.05) is 54.2 Å². The summed E-state index contributed by atoms with van der Waals surface area (Å²) in [6, 6.07) is 11.2. The summed E-state index contributed by atoms with van der Waals surface area (Å²) >= 11 is 0. The van der Waals surface area contributed by atoms with Crippen molar-refractivity contribution < 1.29 is 49.0 Å². The number of aliphatic hydroxyl groups is 2. The molecular formula is C35H42Cl2N2O10. The molecule has 4 unspecified atom stereocenters. The average molecular weight is 722 g/mol. The third kappa shape index (κ3) is 6.87. The number of phenolic OH excluding ortho intramolecular Hbond substituents is 2. The number of nitrogen functional groups attached to an aromatic ring is 1. The van der Waals surface area contributed by atoms with E-state index in [2.05, 4.69) is 5.32 Å². The van der Waals surface area contributed by atoms with Crippen LogP contribution in [0.2, 0.25) is 0 Å². The third-order valence-electron chi connectivity index (χ3n) is 9.30. The molecule has 0 spiro atoms. The number of ketones is 3. The Balaban J connectivity index is 0.00000217. The van der Waals surface area contributed by atoms with Gasteiger partial charge in [-0.1, -0.05) is 31.7 Å². The van der Waals surface area contributed by atoms with Crippen molar-refractivity contribution in [3.63, 3.8) is 0 Å². The highest BCUT2D eigenvalue weighted by molar-refractivity contribution is 6.31. The highest BCUT2D eigenvalue weighted by atomic mass is 35.5. The number of phenols is 2. The predicted octanol–water partition coefficient (Wildman–Crippen LogP) is 3.92. The number of Topliss-reactive ketones (excluding diaryl/α,β-unsaturated/α-hetero) is 1. The van der Waals surface area contributed by atoms with E-state index in [1.807, 2.05) is 12.1 Å². The van der Waals surface area contributed by atoms with Crippen LogP contribution in [0.5, 0.6) is 17.2 Å². The van der Waals surface area contributed by atoms with Crippen molar-refractivity contribution in [2.45, 2.75) is 83.3 Å². The molecule has 1 heterocycles. The van der Waals surface area contributed by atoms with Crippen LogP contribution in [0.15, 0.2) is 42.5 Å². The number of methoxy groups -OCH3 is 1. The third-order valence-corrected chi connectivity index (χ3v) is 9.30. The summed E-state index contributed by atoms with van der Waals surface area (Å²) < 4.78 is 17.6. The number of aromatic hydroxyl groups is 2. The van der Waals surface area contributed by atoms with Gasteiger partial charge in [-0.2, -0.15) is 0 Å². The Morgan fingerprint density at radius 3 is 2.33 bits per heavy atom. The molecule has 1 aliphatic heterocycles. The summed E-state index contributed by atoms with van der Waals surface area (Å²) in [6.07, 6.45) is -4.45. The summed E-state index contributed by atoms with van der Waals surface area (Å²) in [6.45, 7) is 3.29. The number of rotatable bonds is 7. The molecular weight excluding hydrogens is 679 g/mol. The minimum atomic E-state index is -2.02. The summed E-state index contributed by atoms with van der Waals surface area (Å²) in [5.74, 6) is -3.17. The van der Waals surface area contributed by atoms with E-state index < -0.39 is 82.6 Å². The molecule has 0 saturated carbocycles. The number of ether oxygens (including phenoxy) is 3. The number of hydrogen-bond donors (Lipinski definition) is 6. The number of anilines is 1. The number of carbonyl (C=O) groups excluding carboxylic acids is 3. The Labute approximate surface area is 296 Å². The van der Waals surface area contributed by atoms with E-state index >= 15 is 0 Å². The fraction of sp³-hybridized carbons (Fsp3) is 0.400. The zero-order valence-corrected chi connectivity index (χ0v) is 28.0. The Morgan fingerprint density at radius 2 is 1.69 bits per heavy atom. The van der Waals surface area contributed by atoms with Crippen molar-refractivity contribution in [2.75, 3.05) is 12.8 Å². The molecule has 0 radical (unpaired) electrons. The molecule has 1 fully saturated rings. The second kappa shape index (κ2) is 15.0. The summed E-state index contributed by atoms with van der Waals surface area (Å²) in [5.41, 5.74) is 4.29. The molecule has 3 aromatic rings. The maximum atomic E-state index is 13.8. The lowest BCUT2D eigenvalue weighted by molar-refractivity contribution is -0.249. The Kier molecular flexibility index (Phi) is 12.2. The number of hydrogen-bond acceptors (Lipinski definition) is 12. The molecule has 3 aliphatic rings. The highest BCUT2D eigenvalue weighted by Gasteiger charge is 2.49. The van der Waals surface area contributed by atoms with E-state index in [1.54, 1.807) is 19.1 Å². The molecule has 0 aromatic heterocycles. The monoisotopic (exact) mass is 720 g/mol. The smallest absolute Gasteiger partial charge is 0.202 e. The second-order valence-electron chi connectivity index (χ2n) is 12.2. The summed E-state index contributed by atoms with van der Waals surface area (Å²) in [4.78, 5) is 40.2. The van der Waals surface area contributed by atoms with Gasteiger partial charge < -0.3 is 45.7 Å². The molecule has 14 heteroatoms. The van der Waals surface area contributed by atoms with Crippen LogP contribution in [-0.4, -0.2) is 75.0 Å². The van der Waals surface area contributed by atoms with Gasteiger partial charge in [-0.25, -0.2) is 0 Å². The van der Waals surface area contributed by atoms with Gasteiger partial charge >= 0.3 is 0 Å². The number of nitrogens with one attached hydrogen (secondary N) is 1. The molecule has 1 saturated heterocycles. The molecule has 3 aromatic carbocycles. The van der Waals surface area contributed by atoms with E-state index in [4.69, 9.17) is 19.9 Å². The first-order chi connectivity index (χ1) is 21.8. The maximum Gasteiger partial charge on any atom is 0.202 e. The normalized spacial score (nSPS) is 25.4. The number of fused-ring (bicyclic) bond motifs is 3. The molecule has 49 heavy (non-hydrogen) atoms. The van der Waals surface area contributed by atoms with Gasteiger partial charge in [0.25, 0.3) is 0 Å². The lowest BCUT2D eigenvalue weighted by Gasteiger charge is -2.43. The number of nitrogens with two attached hydrogens (primary N) is 1. The van der Waals surface area contributed by atoms with Gasteiger partial charge in [0.1, 0.15) is 22.8 Å². The van der Waals surface area contributed by atoms with Gasteiger partial charge in [-0.05, 0) is 37.6 Å². The fourth-order valence-corrected chi connectivity index (χ4v) is 6.71. The minimum Gasteiger partial charge on any atom is -0.507 e. The Hall–Kier alpha value is -3.75. The van der Waals surface area contributed by atoms with Crippen molar-refractivity contribution in [3.05, 3.63) is 81.4 Å². The lowest BCUT2D eigenvalue weighted by atomic mass is 9.72. The summed E-state index contributed by atoms with van der Waals surface area (Å²) in [7, 11) is 1.35. The van der Waals surface area contributed by atoms with Gasteiger partial charge in [-0.15, -0.1) is 24.8 Å². The predicted molar refractivity (Wildman–Crippen MR) is 185 cm³/mol. The quantitative estimate of drug-likeness (QED) is 0.119. The van der Waals surface area contributed by atoms with Crippen LogP contribution in [0.25, 0.3) is 0 Å². The maximum absolute atomic E-state index is 13.8. The lowest BCUT2D eigenvalue weighted by Crippen LogP contribution is -2.54. The largest absolute Gasteiger partial charge is 0.507 e. The molecule has 7 N–H and O–H groups in total. The Bertz CT molecular complexity index is 1750. The molecule has 266 valence electrons. The van der Waals surface area contributed by atoms with Crippen molar-refractivity contribution in [3.8, 4) is 17.2 Å². The highest BCUT2D eigenvalue weighted by Crippen LogP contribution is 2.52. The van der Waals surface area contributed by atoms with Crippen molar-refractivity contribution in [1.82, 2.24) is 5.32 Å². The number of aliphatic hydroxyl groups excluding tert-OH is 1. The standard InChI is InChI=1S/C34H36N2O10.CH4.2ClH/c1-15-29(38)21(36-14-17-7-9-18(35)10-8-17)11-24(45-15)46-23-13-34(43,16(2)37)12-20-26(23)33(42)28-27(31(20)40)30(39)19-5-4-6-22(44-3)25(19)32(28)41;;;/h4-10,15,21,23-24,29,36,38,40,42-43H,11-14,35H2,1-3H3;1H4;2*1H/t15?,21?,23-,24?,29?,34-;;;/m0.../s1. The average Bonchev–Trinajstić information content (AvgIpc) is 3.02. The Morgan fingerprint density at radius 1 is 1.04 bits per heavy atom. The van der Waals surface area contributed by atoms with E-state index in [0.717, 1.165) is 5.56 Å². The number of carbonyl (C=O) groups is 3. The zero-order chi connectivity index (χ0) is 33.1. The second-order valence-corrected chi connectivity index (χ2v) is 12.2. The van der Waals surface area contributed by atoms with Crippen molar-refractivity contribution >= 4 is 47.9 Å². The first kappa shape index (κ1) is 39.7. The van der Waals surface area contributed by atoms with Crippen molar-refractivity contribution in [1.29, 1.82) is 0 Å². The number of benzene rings is 3. The van der Waals surface area contributed by atoms with E-state index in [9.17, 15) is 34.8 Å². The molecule has 12 nitrogen and oxygen atoms in total. The van der Waals surface area contributed by atoms with Gasteiger partial charge in [0.05, 0.1) is 42.1 Å². The minimum absolute atomic E-state index is 0. The topological polar surface area (TPSA) is 198 Å². The fourth-order valence-electron chi connectivity index (χ4n) is 6.71. The van der Waals surface area contributed by atoms with Gasteiger partial charge in [0.15, 0.2) is 17.9 Å². The molecule has 6 rings (SSSR count). The van der Waals surface area contributed by atoms with Crippen LogP contribution >= 0.6 is 24.8 Å². The molecule has 2 aliphatic carbocycles. The molecule has 0 amide bonds.